The van der Waals surface area contributed by atoms with Gasteiger partial charge in [-0.2, -0.15) is 0 Å². The van der Waals surface area contributed by atoms with E-state index in [9.17, 15) is 19.2 Å². The molecule has 14 nitrogen and oxygen atoms in total. The van der Waals surface area contributed by atoms with E-state index in [1.807, 2.05) is 49.9 Å². The van der Waals surface area contributed by atoms with Gasteiger partial charge in [0.05, 0.1) is 50.1 Å². The fourth-order valence-electron chi connectivity index (χ4n) is 9.56. The summed E-state index contributed by atoms with van der Waals surface area (Å²) in [5.74, 6) is 1.65. The van der Waals surface area contributed by atoms with Crippen molar-refractivity contribution >= 4 is 24.0 Å². The van der Waals surface area contributed by atoms with Gasteiger partial charge in [0.1, 0.15) is 23.7 Å². The maximum absolute atomic E-state index is 13.8. The first-order valence-corrected chi connectivity index (χ1v) is 20.8. The number of aromatic nitrogens is 4. The molecule has 2 aliphatic carbocycles. The van der Waals surface area contributed by atoms with E-state index in [2.05, 4.69) is 69.2 Å². The van der Waals surface area contributed by atoms with E-state index in [4.69, 9.17) is 19.4 Å². The molecule has 6 atom stereocenters. The number of rotatable bonds is 11. The maximum Gasteiger partial charge on any atom is 0.407 e. The minimum atomic E-state index is -0.691. The lowest BCUT2D eigenvalue weighted by molar-refractivity contribution is -0.136. The average Bonchev–Trinajstić information content (AvgIpc) is 4.10. The molecule has 14 heteroatoms. The smallest absolute Gasteiger partial charge is 0.407 e. The highest BCUT2D eigenvalue weighted by atomic mass is 16.5. The number of methoxy groups -OCH3 is 2. The van der Waals surface area contributed by atoms with Crippen LogP contribution < -0.4 is 10.6 Å². The predicted molar refractivity (Wildman–Crippen MR) is 222 cm³/mol. The van der Waals surface area contributed by atoms with E-state index >= 15 is 0 Å². The molecule has 0 radical (unpaired) electrons. The number of allylic oxidation sites excluding steroid dienone is 2. The molecule has 2 bridgehead atoms. The number of H-pyrrole nitrogens is 2. The first kappa shape index (κ1) is 39.9. The van der Waals surface area contributed by atoms with E-state index in [-0.39, 0.29) is 35.7 Å². The number of ether oxygens (including phenoxy) is 2. The highest BCUT2D eigenvalue weighted by Gasteiger charge is 2.40. The van der Waals surface area contributed by atoms with Crippen molar-refractivity contribution in [1.82, 2.24) is 40.4 Å². The van der Waals surface area contributed by atoms with Crippen molar-refractivity contribution in [2.24, 2.45) is 11.8 Å². The Morgan fingerprint density at radius 1 is 0.661 bits per heavy atom. The minimum Gasteiger partial charge on any atom is -0.453 e. The highest BCUT2D eigenvalue weighted by Crippen LogP contribution is 2.55. The number of nitrogens with one attached hydrogen (secondary N) is 4. The fraction of sp³-hybridized carbons (Fsp3) is 0.467. The summed E-state index contributed by atoms with van der Waals surface area (Å²) in [4.78, 5) is 71.8. The molecule has 4 amide bonds. The number of hydrogen-bond acceptors (Lipinski definition) is 8. The third kappa shape index (κ3) is 7.49. The Labute approximate surface area is 344 Å². The van der Waals surface area contributed by atoms with Crippen LogP contribution in [0.25, 0.3) is 33.6 Å². The second-order valence-corrected chi connectivity index (χ2v) is 16.9. The van der Waals surface area contributed by atoms with Crippen molar-refractivity contribution in [3.8, 4) is 33.6 Å². The number of alkyl carbamates (subject to hydrolysis) is 2. The molecule has 0 spiro atoms. The number of nitrogens with zero attached hydrogens (tertiary/aromatic N) is 4. The molecule has 4 aromatic rings. The molecule has 59 heavy (non-hydrogen) atoms. The fourth-order valence-corrected chi connectivity index (χ4v) is 9.56. The minimum absolute atomic E-state index is 0.107. The Balaban J connectivity index is 1.01. The van der Waals surface area contributed by atoms with Crippen LogP contribution in [0, 0.1) is 11.8 Å². The molecule has 310 valence electrons. The number of likely N-dealkylation sites (tertiary alicyclic amines) is 2. The second kappa shape index (κ2) is 16.4. The van der Waals surface area contributed by atoms with Crippen molar-refractivity contribution in [3.05, 3.63) is 83.7 Å². The van der Waals surface area contributed by atoms with E-state index in [0.29, 0.717) is 24.9 Å². The van der Waals surface area contributed by atoms with E-state index < -0.39 is 24.3 Å². The number of carbonyl (C=O) groups excluding carboxylic acids is 4. The molecule has 4 N–H and O–H groups in total. The van der Waals surface area contributed by atoms with Gasteiger partial charge < -0.3 is 39.9 Å². The van der Waals surface area contributed by atoms with Gasteiger partial charge in [0.15, 0.2) is 0 Å². The summed E-state index contributed by atoms with van der Waals surface area (Å²) < 4.78 is 9.58. The summed E-state index contributed by atoms with van der Waals surface area (Å²) in [6, 6.07) is 11.2. The topological polar surface area (TPSA) is 175 Å². The molecule has 0 saturated carbocycles. The first-order chi connectivity index (χ1) is 28.5. The number of amides is 4. The van der Waals surface area contributed by atoms with Gasteiger partial charge >= 0.3 is 12.2 Å². The first-order valence-electron chi connectivity index (χ1n) is 20.8. The molecule has 4 aliphatic rings. The summed E-state index contributed by atoms with van der Waals surface area (Å²) in [5.41, 5.74) is 8.95. The summed E-state index contributed by atoms with van der Waals surface area (Å²) in [7, 11) is 2.60. The lowest BCUT2D eigenvalue weighted by Crippen LogP contribution is -2.51. The zero-order valence-electron chi connectivity index (χ0n) is 34.6. The molecule has 2 aliphatic heterocycles. The van der Waals surface area contributed by atoms with Crippen LogP contribution in [-0.2, 0) is 19.1 Å². The van der Waals surface area contributed by atoms with Crippen molar-refractivity contribution in [3.63, 3.8) is 0 Å². The van der Waals surface area contributed by atoms with Crippen LogP contribution in [0.4, 0.5) is 9.59 Å². The Hall–Kier alpha value is -5.92. The van der Waals surface area contributed by atoms with Crippen LogP contribution in [0.2, 0.25) is 0 Å². The molecular formula is C45H54N8O6. The average molecular weight is 803 g/mol. The van der Waals surface area contributed by atoms with Gasteiger partial charge in [0.2, 0.25) is 11.8 Å². The van der Waals surface area contributed by atoms with Crippen LogP contribution in [0.5, 0.6) is 0 Å². The van der Waals surface area contributed by atoms with Crippen LogP contribution in [0.1, 0.15) is 106 Å². The number of aromatic amines is 2. The van der Waals surface area contributed by atoms with Crippen molar-refractivity contribution in [2.45, 2.75) is 95.8 Å². The Kier molecular flexibility index (Phi) is 11.1. The highest BCUT2D eigenvalue weighted by molar-refractivity contribution is 5.87. The van der Waals surface area contributed by atoms with Crippen molar-refractivity contribution in [2.75, 3.05) is 27.3 Å². The largest absolute Gasteiger partial charge is 0.453 e. The third-order valence-corrected chi connectivity index (χ3v) is 12.6. The van der Waals surface area contributed by atoms with Gasteiger partial charge in [-0.3, -0.25) is 9.59 Å². The van der Waals surface area contributed by atoms with Crippen LogP contribution in [0.3, 0.4) is 0 Å². The molecule has 2 aromatic heterocycles. The SMILES string of the molecule is COC(=O)N[C@H](C(=O)N1CCC[C@@H]1c1ncc(-c2ccc(-c3ccc(-c4cnc([C@@H]5CCCN5C(=O)[C@H](NC(=O)OC)C(C)C)[nH]4)cc3)c3c2C2C=CC3C2)[nH]1)C(C)C. The number of carbonyl (C=O) groups is 4. The molecule has 2 saturated heterocycles. The zero-order chi connectivity index (χ0) is 41.5. The number of hydrogen-bond donors (Lipinski definition) is 4. The molecule has 2 fully saturated rings. The van der Waals surface area contributed by atoms with Crippen molar-refractivity contribution in [1.29, 1.82) is 0 Å². The third-order valence-electron chi connectivity index (χ3n) is 12.6. The van der Waals surface area contributed by atoms with Gasteiger partial charge in [-0.15, -0.1) is 0 Å². The van der Waals surface area contributed by atoms with Gasteiger partial charge in [0.25, 0.3) is 0 Å². The normalized spacial score (nSPS) is 21.6. The van der Waals surface area contributed by atoms with Gasteiger partial charge in [-0.25, -0.2) is 19.6 Å². The monoisotopic (exact) mass is 802 g/mol. The van der Waals surface area contributed by atoms with Gasteiger partial charge in [-0.05, 0) is 71.8 Å². The summed E-state index contributed by atoms with van der Waals surface area (Å²) in [6.07, 6.45) is 11.5. The number of fused-ring (bicyclic) bond motifs is 5. The lowest BCUT2D eigenvalue weighted by atomic mass is 9.85. The lowest BCUT2D eigenvalue weighted by Gasteiger charge is -2.30. The quantitative estimate of drug-likeness (QED) is 0.114. The second-order valence-electron chi connectivity index (χ2n) is 16.9. The number of imidazole rings is 2. The Morgan fingerprint density at radius 2 is 1.12 bits per heavy atom. The Bertz CT molecular complexity index is 2260. The van der Waals surface area contributed by atoms with Crippen LogP contribution in [0.15, 0.2) is 60.9 Å². The maximum atomic E-state index is 13.8. The summed E-state index contributed by atoms with van der Waals surface area (Å²) >= 11 is 0. The standard InChI is InChI=1S/C45H54N8O6/c1-24(2)38(50-44(56)58-5)42(54)52-19-7-9-34(52)40-46-22-32(48-40)27-13-11-26(12-14-27)30-17-18-31(37-29-16-15-28(21-29)36(30)37)33-23-47-41(49-33)35-10-8-20-53(35)43(55)39(25(3)4)51-45(57)59-6/h11-18,22-25,28-29,34-35,38-39H,7-10,19-21H2,1-6H3,(H,46,48)(H,47,49)(H,50,56)(H,51,57)/t28?,29?,34-,35+,38+,39-/m0/s1. The summed E-state index contributed by atoms with van der Waals surface area (Å²) in [6.45, 7) is 8.84. The summed E-state index contributed by atoms with van der Waals surface area (Å²) in [5, 5.41) is 5.44. The van der Waals surface area contributed by atoms with Crippen LogP contribution in [-0.4, -0.2) is 93.1 Å². The zero-order valence-corrected chi connectivity index (χ0v) is 34.6. The van der Waals surface area contributed by atoms with Crippen LogP contribution >= 0.6 is 0 Å². The molecule has 4 heterocycles. The van der Waals surface area contributed by atoms with E-state index in [1.165, 1.54) is 30.9 Å². The molecular weight excluding hydrogens is 749 g/mol. The number of benzene rings is 2. The molecule has 8 rings (SSSR count). The Morgan fingerprint density at radius 3 is 1.63 bits per heavy atom. The van der Waals surface area contributed by atoms with Crippen molar-refractivity contribution < 1.29 is 28.7 Å². The van der Waals surface area contributed by atoms with Gasteiger partial charge in [0, 0.05) is 30.5 Å². The molecule has 2 unspecified atom stereocenters. The van der Waals surface area contributed by atoms with Gasteiger partial charge in [-0.1, -0.05) is 76.2 Å². The molecule has 2 aromatic carbocycles. The van der Waals surface area contributed by atoms with E-state index in [1.54, 1.807) is 0 Å². The van der Waals surface area contributed by atoms with E-state index in [0.717, 1.165) is 71.8 Å². The predicted octanol–water partition coefficient (Wildman–Crippen LogP) is 7.36.